The van der Waals surface area contributed by atoms with Crippen LogP contribution in [0.4, 0.5) is 0 Å². The Balaban J connectivity index is 1.56. The summed E-state index contributed by atoms with van der Waals surface area (Å²) in [6.45, 7) is 7.98. The monoisotopic (exact) mass is 371 g/mol. The first-order valence-corrected chi connectivity index (χ1v) is 9.20. The zero-order chi connectivity index (χ0) is 19.1. The fourth-order valence-corrected chi connectivity index (χ4v) is 2.87. The molecule has 1 saturated heterocycles. The summed E-state index contributed by atoms with van der Waals surface area (Å²) < 4.78 is 5.27. The third-order valence-corrected chi connectivity index (χ3v) is 4.31. The molecule has 2 aromatic rings. The molecular weight excluding hydrogens is 346 g/mol. The zero-order valence-corrected chi connectivity index (χ0v) is 15.8. The number of piperazine rings is 1. The van der Waals surface area contributed by atoms with Gasteiger partial charge in [-0.3, -0.25) is 14.8 Å². The Kier molecular flexibility index (Phi) is 6.35. The van der Waals surface area contributed by atoms with E-state index < -0.39 is 0 Å². The molecule has 0 saturated carbocycles. The van der Waals surface area contributed by atoms with Crippen LogP contribution in [0, 0.1) is 0 Å². The molecule has 27 heavy (non-hydrogen) atoms. The molecule has 9 nitrogen and oxygen atoms in total. The number of carbonyl (C=O) groups excluding carboxylic acids is 1. The lowest BCUT2D eigenvalue weighted by molar-refractivity contribution is -0.130. The number of aromatic nitrogens is 3. The van der Waals surface area contributed by atoms with E-state index >= 15 is 0 Å². The average Bonchev–Trinajstić information content (AvgIpc) is 3.17. The van der Waals surface area contributed by atoms with E-state index in [4.69, 9.17) is 4.52 Å². The molecule has 0 aliphatic carbocycles. The second-order valence-corrected chi connectivity index (χ2v) is 6.21. The second kappa shape index (κ2) is 9.11. The Labute approximate surface area is 158 Å². The molecule has 0 atom stereocenters. The van der Waals surface area contributed by atoms with Crippen LogP contribution in [0.3, 0.4) is 0 Å². The topological polar surface area (TPSA) is 99.8 Å². The molecule has 0 bridgehead atoms. The highest BCUT2D eigenvalue weighted by Gasteiger charge is 2.20. The number of carbonyl (C=O) groups is 1. The van der Waals surface area contributed by atoms with Gasteiger partial charge in [0, 0.05) is 58.8 Å². The van der Waals surface area contributed by atoms with Crippen molar-refractivity contribution in [3.05, 3.63) is 30.2 Å². The fraction of sp³-hybridized carbons (Fsp3) is 0.500. The maximum atomic E-state index is 11.5. The van der Waals surface area contributed by atoms with Crippen LogP contribution in [-0.2, 0) is 11.2 Å². The molecule has 1 amide bonds. The minimum atomic E-state index is 0.123. The Morgan fingerprint density at radius 3 is 2.70 bits per heavy atom. The van der Waals surface area contributed by atoms with E-state index in [1.54, 1.807) is 13.1 Å². The van der Waals surface area contributed by atoms with Crippen molar-refractivity contribution in [2.24, 2.45) is 4.99 Å². The Morgan fingerprint density at radius 2 is 2.04 bits per heavy atom. The van der Waals surface area contributed by atoms with Crippen LogP contribution in [0.1, 0.15) is 19.7 Å². The second-order valence-electron chi connectivity index (χ2n) is 6.21. The van der Waals surface area contributed by atoms with Crippen LogP contribution in [-0.4, -0.2) is 76.1 Å². The number of nitrogens with one attached hydrogen (secondary N) is 1. The van der Waals surface area contributed by atoms with E-state index in [1.807, 2.05) is 30.0 Å². The van der Waals surface area contributed by atoms with Gasteiger partial charge in [0.05, 0.1) is 0 Å². The Morgan fingerprint density at radius 1 is 1.26 bits per heavy atom. The van der Waals surface area contributed by atoms with E-state index in [9.17, 15) is 4.79 Å². The van der Waals surface area contributed by atoms with E-state index in [0.717, 1.165) is 38.7 Å². The zero-order valence-electron chi connectivity index (χ0n) is 15.8. The number of hydrogen-bond donors (Lipinski definition) is 1. The highest BCUT2D eigenvalue weighted by Crippen LogP contribution is 2.13. The SMILES string of the molecule is CCNC(=NCCc1noc(-c2ccccn2)n1)N1CCN(C(C)=O)CC1. The summed E-state index contributed by atoms with van der Waals surface area (Å²) in [6.07, 6.45) is 2.27. The normalized spacial score (nSPS) is 15.1. The van der Waals surface area contributed by atoms with Gasteiger partial charge in [0.1, 0.15) is 5.69 Å². The largest absolute Gasteiger partial charge is 0.357 e. The standard InChI is InChI=1S/C18H25N7O2/c1-3-19-18(25-12-10-24(11-13-25)14(2)26)21-9-7-16-22-17(27-23-16)15-6-4-5-8-20-15/h4-6,8H,3,7,9-13H2,1-2H3,(H,19,21). The van der Waals surface area contributed by atoms with Crippen LogP contribution >= 0.6 is 0 Å². The number of aliphatic imine (C=N–C) groups is 1. The van der Waals surface area contributed by atoms with Crippen molar-refractivity contribution >= 4 is 11.9 Å². The fourth-order valence-electron chi connectivity index (χ4n) is 2.87. The molecule has 3 rings (SSSR count). The number of amides is 1. The Bertz CT molecular complexity index is 767. The number of guanidine groups is 1. The molecule has 144 valence electrons. The van der Waals surface area contributed by atoms with Gasteiger partial charge < -0.3 is 19.6 Å². The molecule has 1 fully saturated rings. The van der Waals surface area contributed by atoms with Gasteiger partial charge in [0.2, 0.25) is 5.91 Å². The van der Waals surface area contributed by atoms with Crippen molar-refractivity contribution in [1.29, 1.82) is 0 Å². The summed E-state index contributed by atoms with van der Waals surface area (Å²) >= 11 is 0. The molecule has 1 N–H and O–H groups in total. The van der Waals surface area contributed by atoms with Gasteiger partial charge in [-0.1, -0.05) is 11.2 Å². The molecule has 0 radical (unpaired) electrons. The van der Waals surface area contributed by atoms with Gasteiger partial charge in [0.25, 0.3) is 5.89 Å². The highest BCUT2D eigenvalue weighted by atomic mass is 16.5. The van der Waals surface area contributed by atoms with Crippen molar-refractivity contribution in [1.82, 2.24) is 30.2 Å². The summed E-state index contributed by atoms with van der Waals surface area (Å²) in [7, 11) is 0. The van der Waals surface area contributed by atoms with Gasteiger partial charge >= 0.3 is 0 Å². The first-order chi connectivity index (χ1) is 13.2. The van der Waals surface area contributed by atoms with Crippen molar-refractivity contribution in [2.45, 2.75) is 20.3 Å². The van der Waals surface area contributed by atoms with Crippen molar-refractivity contribution in [2.75, 3.05) is 39.3 Å². The van der Waals surface area contributed by atoms with Crippen LogP contribution in [0.15, 0.2) is 33.9 Å². The lowest BCUT2D eigenvalue weighted by Gasteiger charge is -2.36. The number of pyridine rings is 1. The highest BCUT2D eigenvalue weighted by molar-refractivity contribution is 5.80. The first-order valence-electron chi connectivity index (χ1n) is 9.20. The predicted octanol–water partition coefficient (Wildman–Crippen LogP) is 0.804. The molecule has 1 aliphatic heterocycles. The maximum Gasteiger partial charge on any atom is 0.276 e. The van der Waals surface area contributed by atoms with Crippen molar-refractivity contribution in [3.63, 3.8) is 0 Å². The summed E-state index contributed by atoms with van der Waals surface area (Å²) in [4.78, 5) is 28.8. The van der Waals surface area contributed by atoms with Gasteiger partial charge in [-0.25, -0.2) is 0 Å². The van der Waals surface area contributed by atoms with Crippen molar-refractivity contribution < 1.29 is 9.32 Å². The first kappa shape index (κ1) is 18.8. The average molecular weight is 371 g/mol. The minimum absolute atomic E-state index is 0.123. The number of rotatable bonds is 5. The summed E-state index contributed by atoms with van der Waals surface area (Å²) in [5.74, 6) is 2.00. The summed E-state index contributed by atoms with van der Waals surface area (Å²) in [5.41, 5.74) is 0.663. The smallest absolute Gasteiger partial charge is 0.276 e. The molecule has 0 spiro atoms. The van der Waals surface area contributed by atoms with E-state index in [0.29, 0.717) is 30.4 Å². The number of hydrogen-bond acceptors (Lipinski definition) is 6. The quantitative estimate of drug-likeness (QED) is 0.613. The predicted molar refractivity (Wildman–Crippen MR) is 101 cm³/mol. The van der Waals surface area contributed by atoms with Gasteiger partial charge in [-0.15, -0.1) is 0 Å². The van der Waals surface area contributed by atoms with Gasteiger partial charge in [0.15, 0.2) is 11.8 Å². The van der Waals surface area contributed by atoms with E-state index in [-0.39, 0.29) is 5.91 Å². The lowest BCUT2D eigenvalue weighted by Crippen LogP contribution is -2.53. The molecule has 2 aromatic heterocycles. The van der Waals surface area contributed by atoms with E-state index in [2.05, 4.69) is 30.3 Å². The molecule has 9 heteroatoms. The Hall–Kier alpha value is -2.97. The van der Waals surface area contributed by atoms with Gasteiger partial charge in [-0.05, 0) is 19.1 Å². The molecule has 0 aromatic carbocycles. The van der Waals surface area contributed by atoms with Crippen LogP contribution in [0.25, 0.3) is 11.6 Å². The third kappa shape index (κ3) is 5.02. The lowest BCUT2D eigenvalue weighted by atomic mass is 10.3. The summed E-state index contributed by atoms with van der Waals surface area (Å²) in [5, 5.41) is 7.32. The van der Waals surface area contributed by atoms with Gasteiger partial charge in [-0.2, -0.15) is 4.98 Å². The van der Waals surface area contributed by atoms with Crippen molar-refractivity contribution in [3.8, 4) is 11.6 Å². The van der Waals surface area contributed by atoms with Crippen LogP contribution in [0.2, 0.25) is 0 Å². The molecule has 3 heterocycles. The summed E-state index contributed by atoms with van der Waals surface area (Å²) in [6, 6.07) is 5.55. The number of nitrogens with zero attached hydrogens (tertiary/aromatic N) is 6. The van der Waals surface area contributed by atoms with Crippen LogP contribution in [0.5, 0.6) is 0 Å². The maximum absolute atomic E-state index is 11.5. The van der Waals surface area contributed by atoms with E-state index in [1.165, 1.54) is 0 Å². The molecule has 1 aliphatic rings. The third-order valence-electron chi connectivity index (χ3n) is 4.31. The minimum Gasteiger partial charge on any atom is -0.357 e. The van der Waals surface area contributed by atoms with Crippen LogP contribution < -0.4 is 5.32 Å². The molecular formula is C18H25N7O2. The molecule has 0 unspecified atom stereocenters.